The highest BCUT2D eigenvalue weighted by molar-refractivity contribution is 7.10. The minimum Gasteiger partial charge on any atom is -0.494 e. The van der Waals surface area contributed by atoms with Gasteiger partial charge in [-0.25, -0.2) is 0 Å². The molecule has 0 saturated carbocycles. The highest BCUT2D eigenvalue weighted by Gasteiger charge is 2.08. The molecule has 4 nitrogen and oxygen atoms in total. The number of guanidine groups is 1. The van der Waals surface area contributed by atoms with Crippen molar-refractivity contribution in [1.82, 2.24) is 10.6 Å². The van der Waals surface area contributed by atoms with E-state index >= 15 is 0 Å². The quantitative estimate of drug-likeness (QED) is 0.624. The molecule has 0 saturated heterocycles. The molecule has 0 aliphatic heterocycles. The second-order valence-corrected chi connectivity index (χ2v) is 6.32. The molecular formula is C18H25N3OS. The van der Waals surface area contributed by atoms with Gasteiger partial charge in [0.15, 0.2) is 5.96 Å². The maximum absolute atomic E-state index is 5.58. The number of aryl methyl sites for hydroxylation is 1. The van der Waals surface area contributed by atoms with E-state index in [1.807, 2.05) is 13.0 Å². The van der Waals surface area contributed by atoms with Gasteiger partial charge in [0.25, 0.3) is 0 Å². The Morgan fingerprint density at radius 3 is 2.78 bits per heavy atom. The third-order valence-corrected chi connectivity index (χ3v) is 4.60. The molecule has 0 aliphatic rings. The number of ether oxygens (including phenoxy) is 1. The zero-order valence-electron chi connectivity index (χ0n) is 14.2. The lowest BCUT2D eigenvalue weighted by Crippen LogP contribution is -2.38. The van der Waals surface area contributed by atoms with Crippen molar-refractivity contribution in [3.05, 3.63) is 51.7 Å². The van der Waals surface area contributed by atoms with Crippen molar-refractivity contribution in [2.24, 2.45) is 4.99 Å². The van der Waals surface area contributed by atoms with E-state index in [2.05, 4.69) is 59.1 Å². The zero-order chi connectivity index (χ0) is 16.7. The SMILES string of the molecule is CCOc1ccc(CNC(=NC)NC(C)c2cccs2)cc1C. The molecule has 0 bridgehead atoms. The van der Waals surface area contributed by atoms with E-state index < -0.39 is 0 Å². The number of thiophene rings is 1. The van der Waals surface area contributed by atoms with Gasteiger partial charge in [0.2, 0.25) is 0 Å². The molecule has 1 atom stereocenters. The molecule has 2 aromatic rings. The van der Waals surface area contributed by atoms with Crippen LogP contribution in [0.15, 0.2) is 40.7 Å². The van der Waals surface area contributed by atoms with Crippen LogP contribution in [0.3, 0.4) is 0 Å². The van der Waals surface area contributed by atoms with Crippen LogP contribution in [0.25, 0.3) is 0 Å². The summed E-state index contributed by atoms with van der Waals surface area (Å²) in [5, 5.41) is 8.86. The fourth-order valence-corrected chi connectivity index (χ4v) is 3.07. The van der Waals surface area contributed by atoms with E-state index in [1.54, 1.807) is 18.4 Å². The van der Waals surface area contributed by atoms with E-state index in [9.17, 15) is 0 Å². The molecule has 1 heterocycles. The predicted octanol–water partition coefficient (Wildman–Crippen LogP) is 3.88. The molecule has 0 amide bonds. The Kier molecular flexibility index (Phi) is 6.47. The van der Waals surface area contributed by atoms with E-state index in [-0.39, 0.29) is 6.04 Å². The summed E-state index contributed by atoms with van der Waals surface area (Å²) in [6, 6.07) is 10.7. The number of rotatable bonds is 6. The summed E-state index contributed by atoms with van der Waals surface area (Å²) in [5.74, 6) is 1.75. The Bertz CT molecular complexity index is 638. The van der Waals surface area contributed by atoms with E-state index in [4.69, 9.17) is 4.74 Å². The summed E-state index contributed by atoms with van der Waals surface area (Å²) < 4.78 is 5.58. The highest BCUT2D eigenvalue weighted by atomic mass is 32.1. The first kappa shape index (κ1) is 17.3. The number of aliphatic imine (C=N–C) groups is 1. The minimum absolute atomic E-state index is 0.239. The van der Waals surface area contributed by atoms with Crippen molar-refractivity contribution < 1.29 is 4.74 Å². The van der Waals surface area contributed by atoms with Crippen molar-refractivity contribution in [1.29, 1.82) is 0 Å². The van der Waals surface area contributed by atoms with Gasteiger partial charge in [-0.3, -0.25) is 4.99 Å². The zero-order valence-corrected chi connectivity index (χ0v) is 15.0. The van der Waals surface area contributed by atoms with Gasteiger partial charge >= 0.3 is 0 Å². The number of hydrogen-bond donors (Lipinski definition) is 2. The summed E-state index contributed by atoms with van der Waals surface area (Å²) in [6.45, 7) is 7.62. The van der Waals surface area contributed by atoms with Crippen molar-refractivity contribution in [2.75, 3.05) is 13.7 Å². The molecule has 0 radical (unpaired) electrons. The van der Waals surface area contributed by atoms with Crippen molar-refractivity contribution >= 4 is 17.3 Å². The van der Waals surface area contributed by atoms with Crippen LogP contribution in [0.4, 0.5) is 0 Å². The molecule has 23 heavy (non-hydrogen) atoms. The third kappa shape index (κ3) is 4.99. The molecule has 0 spiro atoms. The van der Waals surface area contributed by atoms with Crippen LogP contribution in [0.5, 0.6) is 5.75 Å². The Morgan fingerprint density at radius 2 is 2.17 bits per heavy atom. The lowest BCUT2D eigenvalue weighted by atomic mass is 10.1. The summed E-state index contributed by atoms with van der Waals surface area (Å²) in [6.07, 6.45) is 0. The normalized spacial score (nSPS) is 12.8. The van der Waals surface area contributed by atoms with Gasteiger partial charge in [-0.05, 0) is 49.4 Å². The summed E-state index contributed by atoms with van der Waals surface area (Å²) in [4.78, 5) is 5.59. The third-order valence-electron chi connectivity index (χ3n) is 3.55. The molecule has 1 unspecified atom stereocenters. The Labute approximate surface area is 142 Å². The average Bonchev–Trinajstić information content (AvgIpc) is 3.08. The molecule has 0 aliphatic carbocycles. The van der Waals surface area contributed by atoms with Crippen molar-refractivity contribution in [2.45, 2.75) is 33.4 Å². The van der Waals surface area contributed by atoms with Gasteiger partial charge in [0, 0.05) is 18.5 Å². The van der Waals surface area contributed by atoms with E-state index in [0.717, 1.165) is 23.8 Å². The molecular weight excluding hydrogens is 306 g/mol. The average molecular weight is 331 g/mol. The standard InChI is InChI=1S/C18H25N3OS/c1-5-22-16-9-8-15(11-13(16)2)12-20-18(19-4)21-14(3)17-7-6-10-23-17/h6-11,14H,5,12H2,1-4H3,(H2,19,20,21). The Balaban J connectivity index is 1.92. The number of nitrogens with one attached hydrogen (secondary N) is 2. The molecule has 1 aromatic heterocycles. The van der Waals surface area contributed by atoms with Crippen LogP contribution in [-0.4, -0.2) is 19.6 Å². The van der Waals surface area contributed by atoms with Crippen LogP contribution in [0, 0.1) is 6.92 Å². The topological polar surface area (TPSA) is 45.6 Å². The summed E-state index contributed by atoms with van der Waals surface area (Å²) in [7, 11) is 1.79. The first-order valence-electron chi connectivity index (χ1n) is 7.87. The predicted molar refractivity (Wildman–Crippen MR) is 98.4 cm³/mol. The van der Waals surface area contributed by atoms with E-state index in [0.29, 0.717) is 6.61 Å². The second kappa shape index (κ2) is 8.58. The van der Waals surface area contributed by atoms with Crippen molar-refractivity contribution in [3.63, 3.8) is 0 Å². The Hall–Kier alpha value is -2.01. The van der Waals surface area contributed by atoms with Gasteiger partial charge < -0.3 is 15.4 Å². The van der Waals surface area contributed by atoms with Crippen LogP contribution >= 0.6 is 11.3 Å². The van der Waals surface area contributed by atoms with Gasteiger partial charge in [0.05, 0.1) is 12.6 Å². The van der Waals surface area contributed by atoms with Crippen LogP contribution in [0.2, 0.25) is 0 Å². The summed E-state index contributed by atoms with van der Waals surface area (Å²) >= 11 is 1.75. The molecule has 2 N–H and O–H groups in total. The first-order chi connectivity index (χ1) is 11.1. The maximum atomic E-state index is 5.58. The lowest BCUT2D eigenvalue weighted by Gasteiger charge is -2.17. The van der Waals surface area contributed by atoms with Crippen molar-refractivity contribution in [3.8, 4) is 5.75 Å². The van der Waals surface area contributed by atoms with Gasteiger partial charge in [-0.2, -0.15) is 0 Å². The molecule has 1 aromatic carbocycles. The minimum atomic E-state index is 0.239. The highest BCUT2D eigenvalue weighted by Crippen LogP contribution is 2.19. The van der Waals surface area contributed by atoms with Gasteiger partial charge in [-0.1, -0.05) is 18.2 Å². The Morgan fingerprint density at radius 1 is 1.35 bits per heavy atom. The van der Waals surface area contributed by atoms with E-state index in [1.165, 1.54) is 10.4 Å². The molecule has 2 rings (SSSR count). The smallest absolute Gasteiger partial charge is 0.191 e. The monoisotopic (exact) mass is 331 g/mol. The molecule has 124 valence electrons. The fourth-order valence-electron chi connectivity index (χ4n) is 2.33. The van der Waals surface area contributed by atoms with Crippen LogP contribution in [-0.2, 0) is 6.54 Å². The van der Waals surface area contributed by atoms with Crippen LogP contribution in [0.1, 0.15) is 35.9 Å². The van der Waals surface area contributed by atoms with Gasteiger partial charge in [-0.15, -0.1) is 11.3 Å². The maximum Gasteiger partial charge on any atom is 0.191 e. The molecule has 0 fully saturated rings. The van der Waals surface area contributed by atoms with Crippen LogP contribution < -0.4 is 15.4 Å². The number of benzene rings is 1. The number of nitrogens with zero attached hydrogens (tertiary/aromatic N) is 1. The second-order valence-electron chi connectivity index (χ2n) is 5.34. The largest absolute Gasteiger partial charge is 0.494 e. The molecule has 5 heteroatoms. The summed E-state index contributed by atoms with van der Waals surface area (Å²) in [5.41, 5.74) is 2.36. The number of hydrogen-bond acceptors (Lipinski definition) is 3. The first-order valence-corrected chi connectivity index (χ1v) is 8.75. The van der Waals surface area contributed by atoms with Gasteiger partial charge in [0.1, 0.15) is 5.75 Å². The lowest BCUT2D eigenvalue weighted by molar-refractivity contribution is 0.338. The fraction of sp³-hybridized carbons (Fsp3) is 0.389.